The van der Waals surface area contributed by atoms with Gasteiger partial charge in [0.1, 0.15) is 5.75 Å². The van der Waals surface area contributed by atoms with Gasteiger partial charge in [0.15, 0.2) is 6.61 Å². The van der Waals surface area contributed by atoms with Crippen LogP contribution >= 0.6 is 0 Å². The highest BCUT2D eigenvalue weighted by Gasteiger charge is 2.30. The Hall–Kier alpha value is -1.64. The van der Waals surface area contributed by atoms with Gasteiger partial charge in [0.25, 0.3) is 5.91 Å². The van der Waals surface area contributed by atoms with Gasteiger partial charge in [-0.3, -0.25) is 9.69 Å². The summed E-state index contributed by atoms with van der Waals surface area (Å²) in [5.41, 5.74) is 0.382. The number of likely N-dealkylation sites (N-methyl/N-ethyl adjacent to an activating group) is 1. The number of hydrogen-bond acceptors (Lipinski definition) is 5. The summed E-state index contributed by atoms with van der Waals surface area (Å²) in [5.74, 6) is 0.185. The third-order valence-electron chi connectivity index (χ3n) is 4.28. The van der Waals surface area contributed by atoms with Gasteiger partial charge in [0, 0.05) is 18.6 Å². The molecule has 2 N–H and O–H groups in total. The number of sulfonamides is 1. The van der Waals surface area contributed by atoms with E-state index in [9.17, 15) is 13.2 Å². The minimum absolute atomic E-state index is 0.0532. The topological polar surface area (TPSA) is 87.7 Å². The summed E-state index contributed by atoms with van der Waals surface area (Å²) < 4.78 is 32.7. The molecule has 0 radical (unpaired) electrons. The second kappa shape index (κ2) is 6.10. The van der Waals surface area contributed by atoms with E-state index in [1.807, 2.05) is 14.0 Å². The Labute approximate surface area is 136 Å². The predicted molar refractivity (Wildman–Crippen MR) is 86.0 cm³/mol. The number of nitrogens with one attached hydrogen (secondary N) is 2. The Morgan fingerprint density at radius 2 is 2.17 bits per heavy atom. The molecule has 0 aromatic heterocycles. The molecule has 1 aromatic rings. The zero-order valence-corrected chi connectivity index (χ0v) is 14.0. The largest absolute Gasteiger partial charge is 0.482 e. The van der Waals surface area contributed by atoms with Gasteiger partial charge in [-0.25, -0.2) is 13.1 Å². The van der Waals surface area contributed by atoms with E-state index in [2.05, 4.69) is 14.9 Å². The summed E-state index contributed by atoms with van der Waals surface area (Å²) in [7, 11) is -1.61. The first-order chi connectivity index (χ1) is 10.9. The van der Waals surface area contributed by atoms with Crippen molar-refractivity contribution >= 4 is 21.6 Å². The van der Waals surface area contributed by atoms with Crippen LogP contribution in [0.3, 0.4) is 0 Å². The Bertz CT molecular complexity index is 715. The molecule has 23 heavy (non-hydrogen) atoms. The second-order valence-corrected chi connectivity index (χ2v) is 7.86. The molecule has 1 fully saturated rings. The lowest BCUT2D eigenvalue weighted by atomic mass is 10.2. The van der Waals surface area contributed by atoms with E-state index >= 15 is 0 Å². The molecule has 2 aliphatic rings. The maximum atomic E-state index is 12.4. The van der Waals surface area contributed by atoms with Crippen molar-refractivity contribution in [3.8, 4) is 5.75 Å². The van der Waals surface area contributed by atoms with E-state index in [0.29, 0.717) is 24.0 Å². The molecule has 1 saturated carbocycles. The average molecular weight is 339 g/mol. The molecule has 1 atom stereocenters. The molecule has 0 bridgehead atoms. The molecule has 0 saturated heterocycles. The van der Waals surface area contributed by atoms with Crippen molar-refractivity contribution in [1.29, 1.82) is 0 Å². The third kappa shape index (κ3) is 3.65. The number of ether oxygens (including phenoxy) is 1. The van der Waals surface area contributed by atoms with Crippen LogP contribution in [0.1, 0.15) is 19.8 Å². The maximum absolute atomic E-state index is 12.4. The molecule has 1 amide bonds. The molecule has 0 unspecified atom stereocenters. The number of carbonyl (C=O) groups excluding carboxylic acids is 1. The first-order valence-electron chi connectivity index (χ1n) is 7.65. The van der Waals surface area contributed by atoms with E-state index < -0.39 is 10.0 Å². The van der Waals surface area contributed by atoms with Crippen molar-refractivity contribution in [1.82, 2.24) is 9.62 Å². The highest BCUT2D eigenvalue weighted by molar-refractivity contribution is 7.89. The summed E-state index contributed by atoms with van der Waals surface area (Å²) in [6.07, 6.45) is 2.36. The first-order valence-corrected chi connectivity index (χ1v) is 9.13. The molecular formula is C15H21N3O4S. The van der Waals surface area contributed by atoms with Crippen LogP contribution in [0.25, 0.3) is 0 Å². The molecule has 8 heteroatoms. The average Bonchev–Trinajstić information content (AvgIpc) is 3.36. The fourth-order valence-electron chi connectivity index (χ4n) is 2.53. The van der Waals surface area contributed by atoms with Crippen LogP contribution in [0.2, 0.25) is 0 Å². The minimum atomic E-state index is -3.63. The van der Waals surface area contributed by atoms with Crippen molar-refractivity contribution < 1.29 is 17.9 Å². The summed E-state index contributed by atoms with van der Waals surface area (Å²) in [4.78, 5) is 13.7. The van der Waals surface area contributed by atoms with Crippen LogP contribution < -0.4 is 14.8 Å². The van der Waals surface area contributed by atoms with Crippen molar-refractivity contribution in [2.45, 2.75) is 36.7 Å². The van der Waals surface area contributed by atoms with E-state index in [-0.39, 0.29) is 23.5 Å². The highest BCUT2D eigenvalue weighted by Crippen LogP contribution is 2.30. The van der Waals surface area contributed by atoms with Gasteiger partial charge >= 0.3 is 0 Å². The summed E-state index contributed by atoms with van der Waals surface area (Å²) in [5, 5.41) is 2.61. The van der Waals surface area contributed by atoms with Gasteiger partial charge in [-0.1, -0.05) is 0 Å². The van der Waals surface area contributed by atoms with E-state index in [1.54, 1.807) is 6.07 Å². The quantitative estimate of drug-likeness (QED) is 0.800. The fraction of sp³-hybridized carbons (Fsp3) is 0.533. The SMILES string of the molecule is C[C@H](CNS(=O)(=O)c1ccc2c(c1)NC(=O)CO2)N(C)C1CC1. The van der Waals surface area contributed by atoms with E-state index in [4.69, 9.17) is 4.74 Å². The van der Waals surface area contributed by atoms with Crippen LogP contribution in [0.15, 0.2) is 23.1 Å². The van der Waals surface area contributed by atoms with Crippen LogP contribution in [0.5, 0.6) is 5.75 Å². The standard InChI is InChI=1S/C15H21N3O4S/c1-10(18(2)11-3-4-11)8-16-23(20,21)12-5-6-14-13(7-12)17-15(19)9-22-14/h5-7,10-11,16H,3-4,8-9H2,1-2H3,(H,17,19)/t10-/m1/s1. The van der Waals surface area contributed by atoms with Crippen LogP contribution in [0, 0.1) is 0 Å². The molecule has 1 aliphatic heterocycles. The summed E-state index contributed by atoms with van der Waals surface area (Å²) in [6, 6.07) is 5.16. The Morgan fingerprint density at radius 3 is 2.87 bits per heavy atom. The molecule has 126 valence electrons. The van der Waals surface area contributed by atoms with Gasteiger partial charge in [-0.15, -0.1) is 0 Å². The van der Waals surface area contributed by atoms with E-state index in [1.165, 1.54) is 25.0 Å². The molecule has 1 aliphatic carbocycles. The smallest absolute Gasteiger partial charge is 0.262 e. The normalized spacial score (nSPS) is 19.0. The summed E-state index contributed by atoms with van der Waals surface area (Å²) in [6.45, 7) is 2.29. The lowest BCUT2D eigenvalue weighted by Crippen LogP contribution is -2.41. The molecule has 1 heterocycles. The van der Waals surface area contributed by atoms with Crippen LogP contribution in [-0.2, 0) is 14.8 Å². The zero-order valence-electron chi connectivity index (χ0n) is 13.2. The minimum Gasteiger partial charge on any atom is -0.482 e. The fourth-order valence-corrected chi connectivity index (χ4v) is 3.68. The van der Waals surface area contributed by atoms with Gasteiger partial charge in [0.2, 0.25) is 10.0 Å². The van der Waals surface area contributed by atoms with Crippen LogP contribution in [-0.4, -0.2) is 51.5 Å². The van der Waals surface area contributed by atoms with Crippen molar-refractivity contribution in [2.75, 3.05) is 25.5 Å². The number of benzene rings is 1. The van der Waals surface area contributed by atoms with Gasteiger partial charge < -0.3 is 10.1 Å². The Balaban J connectivity index is 1.69. The number of anilines is 1. The number of rotatable bonds is 6. The lowest BCUT2D eigenvalue weighted by Gasteiger charge is -2.24. The number of nitrogens with zero attached hydrogens (tertiary/aromatic N) is 1. The Morgan fingerprint density at radius 1 is 1.43 bits per heavy atom. The van der Waals surface area contributed by atoms with Gasteiger partial charge in [0.05, 0.1) is 10.6 Å². The van der Waals surface area contributed by atoms with Gasteiger partial charge in [-0.2, -0.15) is 0 Å². The molecule has 3 rings (SSSR count). The first kappa shape index (κ1) is 16.2. The van der Waals surface area contributed by atoms with Crippen LogP contribution in [0.4, 0.5) is 5.69 Å². The number of fused-ring (bicyclic) bond motifs is 1. The van der Waals surface area contributed by atoms with Crippen molar-refractivity contribution in [3.63, 3.8) is 0 Å². The number of amides is 1. The molecule has 1 aromatic carbocycles. The Kier molecular flexibility index (Phi) is 4.31. The van der Waals surface area contributed by atoms with Gasteiger partial charge in [-0.05, 0) is 45.0 Å². The monoisotopic (exact) mass is 339 g/mol. The van der Waals surface area contributed by atoms with Crippen molar-refractivity contribution in [3.05, 3.63) is 18.2 Å². The summed E-state index contributed by atoms with van der Waals surface area (Å²) >= 11 is 0. The van der Waals surface area contributed by atoms with Crippen molar-refractivity contribution in [2.24, 2.45) is 0 Å². The second-order valence-electron chi connectivity index (χ2n) is 6.09. The maximum Gasteiger partial charge on any atom is 0.262 e. The molecular weight excluding hydrogens is 318 g/mol. The molecule has 0 spiro atoms. The number of carbonyl (C=O) groups is 1. The third-order valence-corrected chi connectivity index (χ3v) is 5.70. The lowest BCUT2D eigenvalue weighted by molar-refractivity contribution is -0.118. The zero-order chi connectivity index (χ0) is 16.6. The number of hydrogen-bond donors (Lipinski definition) is 2. The molecule has 7 nitrogen and oxygen atoms in total. The predicted octanol–water partition coefficient (Wildman–Crippen LogP) is 0.778. The highest BCUT2D eigenvalue weighted by atomic mass is 32.2. The van der Waals surface area contributed by atoms with E-state index in [0.717, 1.165) is 0 Å².